The zero-order valence-corrected chi connectivity index (χ0v) is 13.1. The molecular weight excluding hydrogens is 284 g/mol. The van der Waals surface area contributed by atoms with Gasteiger partial charge in [-0.2, -0.15) is 5.10 Å². The Morgan fingerprint density at radius 3 is 2.23 bits per heavy atom. The van der Waals surface area contributed by atoms with Gasteiger partial charge in [0.25, 0.3) is 5.78 Å². The predicted octanol–water partition coefficient (Wildman–Crippen LogP) is 2.27. The van der Waals surface area contributed by atoms with Crippen molar-refractivity contribution in [3.8, 4) is 0 Å². The van der Waals surface area contributed by atoms with Crippen molar-refractivity contribution in [3.63, 3.8) is 0 Å². The van der Waals surface area contributed by atoms with Crippen LogP contribution in [-0.2, 0) is 14.2 Å². The fourth-order valence-corrected chi connectivity index (χ4v) is 2.36. The topological polar surface area (TPSA) is 62.6 Å². The first-order chi connectivity index (χ1) is 10.6. The van der Waals surface area contributed by atoms with E-state index in [2.05, 4.69) is 5.10 Å². The average Bonchev–Trinajstić information content (AvgIpc) is 3.06. The van der Waals surface area contributed by atoms with Crippen LogP contribution in [0.5, 0.6) is 0 Å². The summed E-state index contributed by atoms with van der Waals surface area (Å²) in [5, 5.41) is 4.26. The lowest BCUT2D eigenvalue weighted by atomic mass is 10.1. The lowest BCUT2D eigenvalue weighted by Gasteiger charge is -2.27. The summed E-state index contributed by atoms with van der Waals surface area (Å²) in [6, 6.07) is 11.3. The first-order valence-electron chi connectivity index (χ1n) is 6.88. The molecule has 0 spiro atoms. The first-order valence-corrected chi connectivity index (χ1v) is 6.88. The zero-order chi connectivity index (χ0) is 16.2. The number of rotatable bonds is 7. The van der Waals surface area contributed by atoms with Crippen molar-refractivity contribution in [1.82, 2.24) is 9.78 Å². The van der Waals surface area contributed by atoms with Crippen LogP contribution < -0.4 is 0 Å². The molecule has 2 aromatic rings. The largest absolute Gasteiger partial charge is 0.352 e. The van der Waals surface area contributed by atoms with Gasteiger partial charge in [0.2, 0.25) is 0 Å². The Labute approximate surface area is 129 Å². The van der Waals surface area contributed by atoms with Gasteiger partial charge < -0.3 is 14.2 Å². The molecule has 0 aliphatic rings. The van der Waals surface area contributed by atoms with Crippen LogP contribution in [0.1, 0.15) is 29.0 Å². The molecule has 1 aromatic heterocycles. The van der Waals surface area contributed by atoms with Gasteiger partial charge in [-0.05, 0) is 18.6 Å². The van der Waals surface area contributed by atoms with Gasteiger partial charge >= 0.3 is 5.97 Å². The number of aromatic nitrogens is 2. The maximum Gasteiger partial charge on any atom is 0.352 e. The number of methoxy groups -OCH3 is 3. The molecule has 0 bridgehead atoms. The summed E-state index contributed by atoms with van der Waals surface area (Å²) in [6.07, 6.45) is 1.57. The van der Waals surface area contributed by atoms with Crippen molar-refractivity contribution in [1.29, 1.82) is 0 Å². The highest BCUT2D eigenvalue weighted by Crippen LogP contribution is 2.24. The van der Waals surface area contributed by atoms with Gasteiger partial charge in [-0.1, -0.05) is 30.3 Å². The summed E-state index contributed by atoms with van der Waals surface area (Å²) in [6.45, 7) is 1.97. The summed E-state index contributed by atoms with van der Waals surface area (Å²) >= 11 is 0. The van der Waals surface area contributed by atoms with Crippen LogP contribution in [-0.4, -0.2) is 42.9 Å². The van der Waals surface area contributed by atoms with Crippen LogP contribution in [0.2, 0.25) is 0 Å². The van der Waals surface area contributed by atoms with Gasteiger partial charge in [-0.25, -0.2) is 0 Å². The predicted molar refractivity (Wildman–Crippen MR) is 80.6 cm³/mol. The summed E-state index contributed by atoms with van der Waals surface area (Å²) in [5.41, 5.74) is 1.39. The van der Waals surface area contributed by atoms with Crippen LogP contribution in [0, 0.1) is 0 Å². The van der Waals surface area contributed by atoms with E-state index in [0.29, 0.717) is 5.69 Å². The second kappa shape index (κ2) is 6.83. The highest BCUT2D eigenvalue weighted by Gasteiger charge is 2.42. The summed E-state index contributed by atoms with van der Waals surface area (Å²) in [5.74, 6) is -2.21. The number of hydrogen-bond donors (Lipinski definition) is 0. The van der Waals surface area contributed by atoms with E-state index in [-0.39, 0.29) is 6.04 Å². The maximum atomic E-state index is 12.7. The van der Waals surface area contributed by atoms with Crippen molar-refractivity contribution >= 4 is 5.78 Å². The third-order valence-corrected chi connectivity index (χ3v) is 3.64. The standard InChI is InChI=1S/C16H20N2O4/c1-12(13-8-6-5-7-9-13)18-14(10-11-17-18)15(19)16(20-2,21-3)22-4/h5-12H,1-4H3/t12-/m1/s1. The minimum atomic E-state index is -1.77. The zero-order valence-electron chi connectivity index (χ0n) is 13.1. The third kappa shape index (κ3) is 2.81. The van der Waals surface area contributed by atoms with Crippen LogP contribution in [0.15, 0.2) is 42.6 Å². The molecule has 22 heavy (non-hydrogen) atoms. The minimum absolute atomic E-state index is 0.113. The molecule has 0 amide bonds. The van der Waals surface area contributed by atoms with Gasteiger partial charge in [-0.15, -0.1) is 0 Å². The van der Waals surface area contributed by atoms with Crippen LogP contribution in [0.3, 0.4) is 0 Å². The van der Waals surface area contributed by atoms with Crippen molar-refractivity contribution in [2.24, 2.45) is 0 Å². The van der Waals surface area contributed by atoms with Crippen LogP contribution >= 0.6 is 0 Å². The molecule has 0 N–H and O–H groups in total. The van der Waals surface area contributed by atoms with E-state index in [4.69, 9.17) is 14.2 Å². The molecule has 1 aromatic carbocycles. The van der Waals surface area contributed by atoms with Gasteiger partial charge in [-0.3, -0.25) is 9.48 Å². The smallest absolute Gasteiger partial charge is 0.324 e. The fourth-order valence-electron chi connectivity index (χ4n) is 2.36. The Morgan fingerprint density at radius 2 is 1.68 bits per heavy atom. The molecule has 6 nitrogen and oxygen atoms in total. The molecule has 1 heterocycles. The van der Waals surface area contributed by atoms with Crippen LogP contribution in [0.25, 0.3) is 0 Å². The Balaban J connectivity index is 2.39. The van der Waals surface area contributed by atoms with Gasteiger partial charge in [0.15, 0.2) is 0 Å². The SMILES string of the molecule is COC(OC)(OC)C(=O)c1ccnn1[C@H](C)c1ccccc1. The van der Waals surface area contributed by atoms with Crippen molar-refractivity contribution in [2.75, 3.05) is 21.3 Å². The van der Waals surface area contributed by atoms with E-state index in [9.17, 15) is 4.79 Å². The monoisotopic (exact) mass is 304 g/mol. The molecular formula is C16H20N2O4. The molecule has 0 fully saturated rings. The second-order valence-corrected chi connectivity index (χ2v) is 4.75. The quantitative estimate of drug-likeness (QED) is 0.580. The van der Waals surface area contributed by atoms with E-state index in [1.54, 1.807) is 16.9 Å². The second-order valence-electron chi connectivity index (χ2n) is 4.75. The number of nitrogens with zero attached hydrogens (tertiary/aromatic N) is 2. The first kappa shape index (κ1) is 16.4. The molecule has 0 saturated carbocycles. The summed E-state index contributed by atoms with van der Waals surface area (Å²) < 4.78 is 17.0. The van der Waals surface area contributed by atoms with E-state index in [1.165, 1.54) is 21.3 Å². The summed E-state index contributed by atoms with van der Waals surface area (Å²) in [4.78, 5) is 12.7. The highest BCUT2D eigenvalue weighted by molar-refractivity contribution is 5.99. The molecule has 6 heteroatoms. The Kier molecular flexibility index (Phi) is 5.07. The molecule has 0 radical (unpaired) electrons. The fraction of sp³-hybridized carbons (Fsp3) is 0.375. The molecule has 1 atom stereocenters. The summed E-state index contributed by atoms with van der Waals surface area (Å²) in [7, 11) is 4.06. The Morgan fingerprint density at radius 1 is 1.09 bits per heavy atom. The van der Waals surface area contributed by atoms with E-state index >= 15 is 0 Å². The average molecular weight is 304 g/mol. The molecule has 0 unspecified atom stereocenters. The minimum Gasteiger partial charge on any atom is -0.324 e. The molecule has 0 aliphatic heterocycles. The van der Waals surface area contributed by atoms with E-state index in [0.717, 1.165) is 5.56 Å². The number of carbonyl (C=O) groups is 1. The number of Topliss-reactive ketones (excluding diaryl/α,β-unsaturated/α-hetero) is 1. The third-order valence-electron chi connectivity index (χ3n) is 3.64. The highest BCUT2D eigenvalue weighted by atomic mass is 16.9. The maximum absolute atomic E-state index is 12.7. The molecule has 2 rings (SSSR count). The Hall–Kier alpha value is -2.02. The number of benzene rings is 1. The van der Waals surface area contributed by atoms with Gasteiger partial charge in [0, 0.05) is 27.5 Å². The lowest BCUT2D eigenvalue weighted by Crippen LogP contribution is -2.45. The van der Waals surface area contributed by atoms with Crippen molar-refractivity contribution in [2.45, 2.75) is 18.9 Å². The van der Waals surface area contributed by atoms with Gasteiger partial charge in [0.05, 0.1) is 6.04 Å². The molecule has 0 saturated heterocycles. The van der Waals surface area contributed by atoms with Crippen LogP contribution in [0.4, 0.5) is 0 Å². The number of hydrogen-bond acceptors (Lipinski definition) is 5. The number of ketones is 1. The number of ether oxygens (including phenoxy) is 3. The lowest BCUT2D eigenvalue weighted by molar-refractivity contribution is -0.312. The van der Waals surface area contributed by atoms with Gasteiger partial charge in [0.1, 0.15) is 5.69 Å². The van der Waals surface area contributed by atoms with E-state index in [1.807, 2.05) is 37.3 Å². The Bertz CT molecular complexity index is 612. The van der Waals surface area contributed by atoms with Crippen molar-refractivity contribution in [3.05, 3.63) is 53.9 Å². The normalized spacial score (nSPS) is 13.1. The number of carbonyl (C=O) groups excluding carboxylic acids is 1. The van der Waals surface area contributed by atoms with Crippen molar-refractivity contribution < 1.29 is 19.0 Å². The molecule has 0 aliphatic carbocycles. The van der Waals surface area contributed by atoms with E-state index < -0.39 is 11.8 Å². The molecule has 118 valence electrons.